The Kier molecular flexibility index (Phi) is 2.12. The number of hydrogen-bond donors (Lipinski definition) is 0. The summed E-state index contributed by atoms with van der Waals surface area (Å²) in [5, 5.41) is 0. The molecule has 0 aromatic heterocycles. The van der Waals surface area contributed by atoms with Crippen LogP contribution >= 0.6 is 15.9 Å². The molecular weight excluding hydrogens is 232 g/mol. The van der Waals surface area contributed by atoms with Crippen LogP contribution in [0.3, 0.4) is 0 Å². The Morgan fingerprint density at radius 2 is 2.38 bits per heavy atom. The topological polar surface area (TPSA) is 26.3 Å². The zero-order valence-electron chi connectivity index (χ0n) is 7.21. The second kappa shape index (κ2) is 3.14. The Labute approximate surface area is 85.0 Å². The second-order valence-corrected chi connectivity index (χ2v) is 3.94. The van der Waals surface area contributed by atoms with Gasteiger partial charge < -0.3 is 4.74 Å². The largest absolute Gasteiger partial charge is 0.469 e. The minimum Gasteiger partial charge on any atom is -0.469 e. The predicted molar refractivity (Wildman–Crippen MR) is 52.6 cm³/mol. The van der Waals surface area contributed by atoms with Gasteiger partial charge in [0.25, 0.3) is 0 Å². The molecule has 0 N–H and O–H groups in total. The van der Waals surface area contributed by atoms with Crippen LogP contribution < -0.4 is 0 Å². The Bertz CT molecular complexity index is 360. The molecule has 0 heterocycles. The van der Waals surface area contributed by atoms with Gasteiger partial charge in [-0.25, -0.2) is 0 Å². The highest BCUT2D eigenvalue weighted by atomic mass is 79.9. The van der Waals surface area contributed by atoms with Crippen LogP contribution in [0.5, 0.6) is 0 Å². The number of benzene rings is 1. The van der Waals surface area contributed by atoms with E-state index in [4.69, 9.17) is 4.74 Å². The van der Waals surface area contributed by atoms with Crippen LogP contribution in [0, 0.1) is 0 Å². The zero-order chi connectivity index (χ0) is 9.42. The molecule has 0 amide bonds. The molecule has 2 nitrogen and oxygen atoms in total. The first-order valence-corrected chi connectivity index (χ1v) is 4.88. The van der Waals surface area contributed by atoms with Crippen LogP contribution in [0.4, 0.5) is 0 Å². The number of rotatable bonds is 1. The molecule has 0 radical (unpaired) electrons. The average Bonchev–Trinajstić information content (AvgIpc) is 2.08. The lowest BCUT2D eigenvalue weighted by atomic mass is 9.78. The first-order chi connectivity index (χ1) is 6.24. The maximum atomic E-state index is 11.2. The number of methoxy groups -OCH3 is 1. The van der Waals surface area contributed by atoms with Gasteiger partial charge in [0.1, 0.15) is 0 Å². The van der Waals surface area contributed by atoms with Crippen molar-refractivity contribution >= 4 is 21.9 Å². The van der Waals surface area contributed by atoms with Gasteiger partial charge in [-0.1, -0.05) is 28.1 Å². The number of carbonyl (C=O) groups excluding carboxylic acids is 1. The number of halogens is 1. The molecule has 2 rings (SSSR count). The van der Waals surface area contributed by atoms with Gasteiger partial charge in [-0.15, -0.1) is 0 Å². The Morgan fingerprint density at radius 1 is 1.62 bits per heavy atom. The monoisotopic (exact) mass is 240 g/mol. The van der Waals surface area contributed by atoms with Crippen LogP contribution in [0.1, 0.15) is 17.0 Å². The van der Waals surface area contributed by atoms with Crippen molar-refractivity contribution in [2.45, 2.75) is 12.3 Å². The van der Waals surface area contributed by atoms with Crippen molar-refractivity contribution in [3.63, 3.8) is 0 Å². The molecule has 0 fully saturated rings. The van der Waals surface area contributed by atoms with Gasteiger partial charge in [0.15, 0.2) is 0 Å². The third-order valence-electron chi connectivity index (χ3n) is 2.42. The Morgan fingerprint density at radius 3 is 3.08 bits per heavy atom. The summed E-state index contributed by atoms with van der Waals surface area (Å²) in [4.78, 5) is 11.2. The first-order valence-electron chi connectivity index (χ1n) is 4.09. The van der Waals surface area contributed by atoms with Gasteiger partial charge >= 0.3 is 5.97 Å². The standard InChI is InChI=1S/C10H9BrO2/c1-13-10(12)8-5-7-6(8)3-2-4-9(7)11/h2-4,8H,5H2,1H3. The SMILES string of the molecule is COC(=O)C1Cc2c(Br)cccc21. The van der Waals surface area contributed by atoms with Crippen molar-refractivity contribution in [3.05, 3.63) is 33.8 Å². The quantitative estimate of drug-likeness (QED) is 0.705. The van der Waals surface area contributed by atoms with E-state index in [1.54, 1.807) is 0 Å². The number of hydrogen-bond acceptors (Lipinski definition) is 2. The van der Waals surface area contributed by atoms with Gasteiger partial charge in [0.05, 0.1) is 13.0 Å². The highest BCUT2D eigenvalue weighted by Gasteiger charge is 2.34. The molecule has 1 aliphatic carbocycles. The fourth-order valence-electron chi connectivity index (χ4n) is 1.65. The molecule has 1 aromatic rings. The molecule has 3 heteroatoms. The number of fused-ring (bicyclic) bond motifs is 1. The van der Waals surface area contributed by atoms with E-state index in [0.29, 0.717) is 0 Å². The Balaban J connectivity index is 2.32. The summed E-state index contributed by atoms with van der Waals surface area (Å²) in [5.41, 5.74) is 2.33. The molecule has 0 saturated carbocycles. The predicted octanol–water partition coefficient (Wildman–Crippen LogP) is 2.26. The summed E-state index contributed by atoms with van der Waals surface area (Å²) in [6, 6.07) is 5.91. The van der Waals surface area contributed by atoms with E-state index in [1.807, 2.05) is 18.2 Å². The van der Waals surface area contributed by atoms with Crippen LogP contribution in [0.15, 0.2) is 22.7 Å². The minimum atomic E-state index is -0.134. The van der Waals surface area contributed by atoms with Crippen LogP contribution in [-0.2, 0) is 16.0 Å². The lowest BCUT2D eigenvalue weighted by molar-refractivity contribution is -0.143. The molecule has 0 saturated heterocycles. The maximum Gasteiger partial charge on any atom is 0.313 e. The van der Waals surface area contributed by atoms with E-state index in [2.05, 4.69) is 15.9 Å². The van der Waals surface area contributed by atoms with Crippen molar-refractivity contribution < 1.29 is 9.53 Å². The smallest absolute Gasteiger partial charge is 0.313 e. The molecule has 68 valence electrons. The lowest BCUT2D eigenvalue weighted by Gasteiger charge is -2.28. The summed E-state index contributed by atoms with van der Waals surface area (Å²) in [7, 11) is 1.43. The van der Waals surface area contributed by atoms with Gasteiger partial charge in [0, 0.05) is 4.47 Å². The summed E-state index contributed by atoms with van der Waals surface area (Å²) >= 11 is 3.44. The number of ether oxygens (including phenoxy) is 1. The highest BCUT2D eigenvalue weighted by Crippen LogP contribution is 2.39. The molecule has 0 aliphatic heterocycles. The summed E-state index contributed by atoms with van der Waals surface area (Å²) < 4.78 is 5.78. The summed E-state index contributed by atoms with van der Waals surface area (Å²) in [6.45, 7) is 0. The molecule has 1 aromatic carbocycles. The third-order valence-corrected chi connectivity index (χ3v) is 3.17. The van der Waals surface area contributed by atoms with Crippen molar-refractivity contribution in [2.75, 3.05) is 7.11 Å². The molecule has 1 aliphatic rings. The van der Waals surface area contributed by atoms with E-state index in [-0.39, 0.29) is 11.9 Å². The average molecular weight is 241 g/mol. The van der Waals surface area contributed by atoms with E-state index < -0.39 is 0 Å². The fourth-order valence-corrected chi connectivity index (χ4v) is 2.20. The molecule has 0 bridgehead atoms. The molecular formula is C10H9BrO2. The van der Waals surface area contributed by atoms with Crippen molar-refractivity contribution in [1.82, 2.24) is 0 Å². The molecule has 0 spiro atoms. The summed E-state index contributed by atoms with van der Waals surface area (Å²) in [5.74, 6) is -0.178. The molecule has 13 heavy (non-hydrogen) atoms. The van der Waals surface area contributed by atoms with Gasteiger partial charge in [-0.05, 0) is 23.6 Å². The van der Waals surface area contributed by atoms with Crippen LogP contribution in [0.2, 0.25) is 0 Å². The minimum absolute atomic E-state index is 0.0440. The van der Waals surface area contributed by atoms with Crippen molar-refractivity contribution in [3.8, 4) is 0 Å². The van der Waals surface area contributed by atoms with Gasteiger partial charge in [-0.3, -0.25) is 4.79 Å². The first kappa shape index (κ1) is 8.75. The number of carbonyl (C=O) groups is 1. The van der Waals surface area contributed by atoms with E-state index in [1.165, 1.54) is 12.7 Å². The Hall–Kier alpha value is -0.830. The van der Waals surface area contributed by atoms with E-state index in [9.17, 15) is 4.79 Å². The summed E-state index contributed by atoms with van der Waals surface area (Å²) in [6.07, 6.45) is 0.795. The number of esters is 1. The van der Waals surface area contributed by atoms with Crippen molar-refractivity contribution in [2.24, 2.45) is 0 Å². The molecule has 1 atom stereocenters. The lowest BCUT2D eigenvalue weighted by Crippen LogP contribution is -2.26. The molecule has 1 unspecified atom stereocenters. The van der Waals surface area contributed by atoms with Gasteiger partial charge in [-0.2, -0.15) is 0 Å². The van der Waals surface area contributed by atoms with Gasteiger partial charge in [0.2, 0.25) is 0 Å². The second-order valence-electron chi connectivity index (χ2n) is 3.09. The maximum absolute atomic E-state index is 11.2. The van der Waals surface area contributed by atoms with E-state index in [0.717, 1.165) is 16.5 Å². The normalized spacial score (nSPS) is 18.8. The van der Waals surface area contributed by atoms with Crippen LogP contribution in [0.25, 0.3) is 0 Å². The zero-order valence-corrected chi connectivity index (χ0v) is 8.80. The van der Waals surface area contributed by atoms with Crippen molar-refractivity contribution in [1.29, 1.82) is 0 Å². The fraction of sp³-hybridized carbons (Fsp3) is 0.300. The highest BCUT2D eigenvalue weighted by molar-refractivity contribution is 9.10. The van der Waals surface area contributed by atoms with Crippen LogP contribution in [-0.4, -0.2) is 13.1 Å². The van der Waals surface area contributed by atoms with E-state index >= 15 is 0 Å². The third kappa shape index (κ3) is 1.27.